The molecule has 3 rings (SSSR count). The molecule has 0 radical (unpaired) electrons. The van der Waals surface area contributed by atoms with Gasteiger partial charge in [0, 0.05) is 36.7 Å². The number of carbonyl (C=O) groups excluding carboxylic acids is 4. The number of non-ortho nitro benzene ring substituents is 2. The first-order chi connectivity index (χ1) is 17.1. The van der Waals surface area contributed by atoms with Crippen molar-refractivity contribution in [1.82, 2.24) is 15.1 Å². The van der Waals surface area contributed by atoms with Gasteiger partial charge in [0.05, 0.1) is 21.0 Å². The van der Waals surface area contributed by atoms with Crippen molar-refractivity contribution < 1.29 is 38.5 Å². The molecule has 0 fully saturated rings. The Hall–Kier alpha value is -5.80. The number of rotatable bonds is 4. The van der Waals surface area contributed by atoms with Crippen LogP contribution in [0.2, 0.25) is 0 Å². The van der Waals surface area contributed by atoms with Crippen LogP contribution in [-0.2, 0) is 9.47 Å². The molecule has 0 aliphatic heterocycles. The second-order valence-electron chi connectivity index (χ2n) is 6.45. The lowest BCUT2D eigenvalue weighted by Gasteiger charge is -2.08. The van der Waals surface area contributed by atoms with Crippen LogP contribution in [0, 0.1) is 20.2 Å². The van der Waals surface area contributed by atoms with Crippen LogP contribution < -0.4 is 5.32 Å². The van der Waals surface area contributed by atoms with Gasteiger partial charge in [0.1, 0.15) is 0 Å². The van der Waals surface area contributed by atoms with Gasteiger partial charge in [-0.3, -0.25) is 25.5 Å². The fourth-order valence-corrected chi connectivity index (χ4v) is 2.48. The minimum absolute atomic E-state index is 0.179. The molecule has 16 heteroatoms. The van der Waals surface area contributed by atoms with Crippen molar-refractivity contribution >= 4 is 41.5 Å². The number of hydrogen-bond acceptors (Lipinski definition) is 11. The SMILES string of the molecule is O=C(/N=C(/NC(=O)OC(=O)c1ccc([N+](=O)[O-])cc1)n1cccn1)OC(=O)c1ccc([N+](=O)[O-])cc1. The van der Waals surface area contributed by atoms with E-state index >= 15 is 0 Å². The smallest absolute Gasteiger partial charge is 0.372 e. The molecule has 2 aromatic carbocycles. The van der Waals surface area contributed by atoms with E-state index in [-0.39, 0.29) is 22.5 Å². The first kappa shape index (κ1) is 24.8. The molecule has 1 N–H and O–H groups in total. The molecule has 0 unspecified atom stereocenters. The Labute approximate surface area is 199 Å². The summed E-state index contributed by atoms with van der Waals surface area (Å²) in [6.45, 7) is 0. The van der Waals surface area contributed by atoms with Crippen LogP contribution in [0.4, 0.5) is 21.0 Å². The molecule has 0 atom stereocenters. The van der Waals surface area contributed by atoms with E-state index in [9.17, 15) is 39.4 Å². The van der Waals surface area contributed by atoms with E-state index < -0.39 is 39.9 Å². The lowest BCUT2D eigenvalue weighted by atomic mass is 10.2. The zero-order chi connectivity index (χ0) is 26.2. The molecule has 3 aromatic rings. The van der Waals surface area contributed by atoms with Gasteiger partial charge >= 0.3 is 24.1 Å². The van der Waals surface area contributed by atoms with E-state index in [1.165, 1.54) is 18.5 Å². The lowest BCUT2D eigenvalue weighted by molar-refractivity contribution is -0.385. The number of amides is 2. The number of nitrogens with one attached hydrogen (secondary N) is 1. The molecule has 2 amide bonds. The maximum Gasteiger partial charge on any atom is 0.444 e. The summed E-state index contributed by atoms with van der Waals surface area (Å²) >= 11 is 0. The van der Waals surface area contributed by atoms with Gasteiger partial charge in [0.2, 0.25) is 5.96 Å². The van der Waals surface area contributed by atoms with E-state index in [0.717, 1.165) is 53.2 Å². The first-order valence-electron chi connectivity index (χ1n) is 9.51. The standard InChI is InChI=1S/C20H12N6O10/c27-16(12-2-6-14(7-3-12)25(31)32)35-19(29)22-18(24-11-1-10-21-24)23-20(30)36-17(28)13-4-8-15(9-5-13)26(33)34/h1-11H,(H,22,23,29,30). The molecular weight excluding hydrogens is 484 g/mol. The highest BCUT2D eigenvalue weighted by atomic mass is 16.6. The normalized spacial score (nSPS) is 10.7. The molecule has 0 spiro atoms. The van der Waals surface area contributed by atoms with Crippen LogP contribution in [0.15, 0.2) is 72.0 Å². The van der Waals surface area contributed by atoms with Gasteiger partial charge in [-0.25, -0.2) is 23.9 Å². The Kier molecular flexibility index (Phi) is 7.51. The molecule has 182 valence electrons. The summed E-state index contributed by atoms with van der Waals surface area (Å²) in [5.74, 6) is -2.96. The maximum atomic E-state index is 12.2. The largest absolute Gasteiger partial charge is 0.444 e. The highest BCUT2D eigenvalue weighted by molar-refractivity contribution is 6.05. The molecule has 0 aliphatic rings. The minimum Gasteiger partial charge on any atom is -0.372 e. The molecular formula is C20H12N6O10. The maximum absolute atomic E-state index is 12.2. The number of nitrogens with zero attached hydrogens (tertiary/aromatic N) is 5. The summed E-state index contributed by atoms with van der Waals surface area (Å²) in [6, 6.07) is 9.77. The number of carbonyl (C=O) groups is 4. The van der Waals surface area contributed by atoms with Crippen molar-refractivity contribution in [2.75, 3.05) is 0 Å². The summed E-state index contributed by atoms with van der Waals surface area (Å²) in [7, 11) is 0. The summed E-state index contributed by atoms with van der Waals surface area (Å²) in [6.07, 6.45) is -0.381. The Balaban J connectivity index is 1.69. The second-order valence-corrected chi connectivity index (χ2v) is 6.45. The molecule has 36 heavy (non-hydrogen) atoms. The van der Waals surface area contributed by atoms with E-state index in [1.54, 1.807) is 0 Å². The molecule has 16 nitrogen and oxygen atoms in total. The van der Waals surface area contributed by atoms with Crippen molar-refractivity contribution in [3.05, 3.63) is 98.3 Å². The molecule has 0 saturated heterocycles. The predicted octanol–water partition coefficient (Wildman–Crippen LogP) is 2.45. The van der Waals surface area contributed by atoms with E-state index in [2.05, 4.69) is 19.6 Å². The van der Waals surface area contributed by atoms with Crippen molar-refractivity contribution in [3.8, 4) is 0 Å². The lowest BCUT2D eigenvalue weighted by Crippen LogP contribution is -2.38. The van der Waals surface area contributed by atoms with Gasteiger partial charge in [0.25, 0.3) is 11.4 Å². The fourth-order valence-electron chi connectivity index (χ4n) is 2.48. The number of benzene rings is 2. The van der Waals surface area contributed by atoms with Crippen LogP contribution in [0.25, 0.3) is 0 Å². The predicted molar refractivity (Wildman–Crippen MR) is 116 cm³/mol. The van der Waals surface area contributed by atoms with Crippen molar-refractivity contribution in [3.63, 3.8) is 0 Å². The minimum atomic E-state index is -1.49. The Bertz CT molecular complexity index is 1360. The van der Waals surface area contributed by atoms with Crippen LogP contribution in [0.3, 0.4) is 0 Å². The first-order valence-corrected chi connectivity index (χ1v) is 9.51. The number of esters is 2. The molecule has 0 aliphatic carbocycles. The zero-order valence-electron chi connectivity index (χ0n) is 17.7. The molecule has 1 heterocycles. The van der Waals surface area contributed by atoms with Crippen LogP contribution >= 0.6 is 0 Å². The number of hydrogen-bond donors (Lipinski definition) is 1. The zero-order valence-corrected chi connectivity index (χ0v) is 17.7. The van der Waals surface area contributed by atoms with Crippen LogP contribution in [0.5, 0.6) is 0 Å². The average molecular weight is 496 g/mol. The van der Waals surface area contributed by atoms with Crippen molar-refractivity contribution in [1.29, 1.82) is 0 Å². The summed E-state index contributed by atoms with van der Waals surface area (Å²) < 4.78 is 9.99. The Morgan fingerprint density at radius 2 is 1.33 bits per heavy atom. The molecule has 0 bridgehead atoms. The van der Waals surface area contributed by atoms with Gasteiger partial charge < -0.3 is 9.47 Å². The van der Waals surface area contributed by atoms with Gasteiger partial charge in [-0.05, 0) is 30.3 Å². The highest BCUT2D eigenvalue weighted by Crippen LogP contribution is 2.14. The van der Waals surface area contributed by atoms with E-state index in [4.69, 9.17) is 0 Å². The number of aromatic nitrogens is 2. The number of nitro benzene ring substituents is 2. The molecule has 0 saturated carbocycles. The van der Waals surface area contributed by atoms with Gasteiger partial charge in [-0.15, -0.1) is 4.99 Å². The molecule has 1 aromatic heterocycles. The fraction of sp³-hybridized carbons (Fsp3) is 0. The Morgan fingerprint density at radius 1 is 0.833 bits per heavy atom. The van der Waals surface area contributed by atoms with Gasteiger partial charge in [-0.2, -0.15) is 5.10 Å². The average Bonchev–Trinajstić information content (AvgIpc) is 3.38. The number of alkyl carbamates (subject to hydrolysis) is 1. The second kappa shape index (κ2) is 10.9. The van der Waals surface area contributed by atoms with Gasteiger partial charge in [0.15, 0.2) is 0 Å². The third kappa shape index (κ3) is 6.38. The van der Waals surface area contributed by atoms with E-state index in [0.29, 0.717) is 0 Å². The van der Waals surface area contributed by atoms with Crippen molar-refractivity contribution in [2.24, 2.45) is 4.99 Å². The van der Waals surface area contributed by atoms with Crippen LogP contribution in [0.1, 0.15) is 20.7 Å². The number of aliphatic imine (C=N–C) groups is 1. The topological polar surface area (TPSA) is 215 Å². The Morgan fingerprint density at radius 3 is 1.78 bits per heavy atom. The third-order valence-corrected chi connectivity index (χ3v) is 4.13. The van der Waals surface area contributed by atoms with Crippen molar-refractivity contribution in [2.45, 2.75) is 0 Å². The summed E-state index contributed by atoms with van der Waals surface area (Å²) in [5, 5.41) is 27.1. The number of ether oxygens (including phenoxy) is 2. The van der Waals surface area contributed by atoms with Gasteiger partial charge in [-0.1, -0.05) is 0 Å². The highest BCUT2D eigenvalue weighted by Gasteiger charge is 2.20. The number of nitro groups is 2. The quantitative estimate of drug-likeness (QED) is 0.138. The van der Waals surface area contributed by atoms with E-state index in [1.807, 2.05) is 5.32 Å². The summed E-state index contributed by atoms with van der Waals surface area (Å²) in [5.41, 5.74) is -0.943. The third-order valence-electron chi connectivity index (χ3n) is 4.13. The monoisotopic (exact) mass is 496 g/mol. The van der Waals surface area contributed by atoms with Crippen LogP contribution in [-0.4, -0.2) is 49.7 Å². The summed E-state index contributed by atoms with van der Waals surface area (Å²) in [4.78, 5) is 71.9.